The molecule has 0 atom stereocenters. The van der Waals surface area contributed by atoms with E-state index in [2.05, 4.69) is 205 Å². The molecule has 12 aromatic rings. The lowest BCUT2D eigenvalue weighted by Crippen LogP contribution is -1.98. The molecule has 0 radical (unpaired) electrons. The lowest BCUT2D eigenvalue weighted by Gasteiger charge is -2.11. The van der Waals surface area contributed by atoms with Crippen LogP contribution in [0.1, 0.15) is 0 Å². The Balaban J connectivity index is 0.951. The summed E-state index contributed by atoms with van der Waals surface area (Å²) in [5, 5.41) is 20.0. The summed E-state index contributed by atoms with van der Waals surface area (Å²) in [6, 6.07) is 74.3. The summed E-state index contributed by atoms with van der Waals surface area (Å²) < 4.78 is 0. The fraction of sp³-hybridized carbons (Fsp3) is 0. The van der Waals surface area contributed by atoms with Crippen LogP contribution in [0.25, 0.3) is 115 Å². The molecule has 12 rings (SSSR count). The molecular formula is C57H36N4. The highest BCUT2D eigenvalue weighted by molar-refractivity contribution is 6.01. The molecule has 0 aliphatic heterocycles. The van der Waals surface area contributed by atoms with Gasteiger partial charge in [0.1, 0.15) is 11.0 Å². The Morgan fingerprint density at radius 1 is 0.295 bits per heavy atom. The second-order valence-electron chi connectivity index (χ2n) is 15.8. The Morgan fingerprint density at radius 2 is 0.738 bits per heavy atom. The van der Waals surface area contributed by atoms with E-state index >= 15 is 0 Å². The van der Waals surface area contributed by atoms with Crippen LogP contribution in [0.3, 0.4) is 0 Å². The number of benzene rings is 10. The molecular weight excluding hydrogens is 741 g/mol. The van der Waals surface area contributed by atoms with Gasteiger partial charge in [0, 0.05) is 18.0 Å². The van der Waals surface area contributed by atoms with E-state index in [0.717, 1.165) is 50.1 Å². The summed E-state index contributed by atoms with van der Waals surface area (Å²) in [6.07, 6.45) is 3.68. The van der Waals surface area contributed by atoms with Crippen molar-refractivity contribution in [2.45, 2.75) is 0 Å². The van der Waals surface area contributed by atoms with E-state index in [9.17, 15) is 0 Å². The van der Waals surface area contributed by atoms with E-state index in [1.165, 1.54) is 65.3 Å². The molecule has 0 unspecified atom stereocenters. The van der Waals surface area contributed by atoms with Crippen molar-refractivity contribution in [1.82, 2.24) is 20.0 Å². The predicted molar refractivity (Wildman–Crippen MR) is 254 cm³/mol. The van der Waals surface area contributed by atoms with Crippen LogP contribution in [-0.2, 0) is 0 Å². The summed E-state index contributed by atoms with van der Waals surface area (Å²) in [5.74, 6) is 0. The van der Waals surface area contributed by atoms with Crippen molar-refractivity contribution in [2.24, 2.45) is 0 Å². The monoisotopic (exact) mass is 776 g/mol. The lowest BCUT2D eigenvalue weighted by molar-refractivity contribution is 0.766. The van der Waals surface area contributed by atoms with Crippen LogP contribution in [0.5, 0.6) is 0 Å². The first-order chi connectivity index (χ1) is 30.1. The van der Waals surface area contributed by atoms with Crippen molar-refractivity contribution < 1.29 is 0 Å². The van der Waals surface area contributed by atoms with Crippen LogP contribution in [-0.4, -0.2) is 20.0 Å². The molecule has 0 spiro atoms. The zero-order valence-corrected chi connectivity index (χ0v) is 33.1. The predicted octanol–water partition coefficient (Wildman–Crippen LogP) is 14.8. The fourth-order valence-corrected chi connectivity index (χ4v) is 8.78. The Morgan fingerprint density at radius 3 is 1.26 bits per heavy atom. The molecule has 0 aliphatic carbocycles. The minimum Gasteiger partial charge on any atom is -0.264 e. The third-order valence-electron chi connectivity index (χ3n) is 12.1. The van der Waals surface area contributed by atoms with Gasteiger partial charge in [0.15, 0.2) is 0 Å². The van der Waals surface area contributed by atoms with Crippen LogP contribution in [0.2, 0.25) is 0 Å². The highest BCUT2D eigenvalue weighted by Crippen LogP contribution is 2.37. The SMILES string of the molecule is c1cncc(-c2ccc(-n3nc4cc(-c5ccc6cc(-c7ccc8ccccc8c7)ccc6c5)cc(-c5ccc6cc(-c7ccc8ccccc8c7)ccc6c5)c4n3)cc2)c1. The molecule has 284 valence electrons. The Kier molecular flexibility index (Phi) is 8.13. The largest absolute Gasteiger partial charge is 0.264 e. The summed E-state index contributed by atoms with van der Waals surface area (Å²) in [5.41, 5.74) is 13.9. The summed E-state index contributed by atoms with van der Waals surface area (Å²) >= 11 is 0. The smallest absolute Gasteiger partial charge is 0.121 e. The van der Waals surface area contributed by atoms with Gasteiger partial charge in [-0.05, 0) is 160 Å². The molecule has 0 amide bonds. The first-order valence-electron chi connectivity index (χ1n) is 20.6. The van der Waals surface area contributed by atoms with Crippen LogP contribution in [0.15, 0.2) is 219 Å². The average molecular weight is 777 g/mol. The quantitative estimate of drug-likeness (QED) is 0.169. The lowest BCUT2D eigenvalue weighted by atomic mass is 9.93. The summed E-state index contributed by atoms with van der Waals surface area (Å²) in [4.78, 5) is 6.06. The van der Waals surface area contributed by atoms with Gasteiger partial charge in [0.25, 0.3) is 0 Å². The molecule has 10 aromatic carbocycles. The number of nitrogens with zero attached hydrogens (tertiary/aromatic N) is 4. The summed E-state index contributed by atoms with van der Waals surface area (Å²) in [6.45, 7) is 0. The van der Waals surface area contributed by atoms with Gasteiger partial charge in [0.2, 0.25) is 0 Å². The standard InChI is InChI=1S/C57H36N4/c1-3-8-40-28-42(13-11-37(40)6-1)44-15-16-47-32-50(20-19-46(47)30-44)53-34-55(57-56(35-53)59-61(60-57)54-25-23-39(24-26-54)52-10-5-27-58-36-52)51-22-21-48-31-45(17-18-49(48)33-51)43-14-12-38-7-2-4-9-41(38)29-43/h1-36H. The van der Waals surface area contributed by atoms with Gasteiger partial charge in [-0.1, -0.05) is 140 Å². The minimum absolute atomic E-state index is 0.835. The Hall–Kier alpha value is -8.21. The van der Waals surface area contributed by atoms with Gasteiger partial charge < -0.3 is 0 Å². The average Bonchev–Trinajstić information content (AvgIpc) is 3.78. The van der Waals surface area contributed by atoms with Crippen molar-refractivity contribution in [3.63, 3.8) is 0 Å². The number of rotatable bonds is 6. The topological polar surface area (TPSA) is 43.6 Å². The fourth-order valence-electron chi connectivity index (χ4n) is 8.78. The normalized spacial score (nSPS) is 11.6. The van der Waals surface area contributed by atoms with Crippen LogP contribution >= 0.6 is 0 Å². The van der Waals surface area contributed by atoms with Gasteiger partial charge in [-0.2, -0.15) is 4.80 Å². The van der Waals surface area contributed by atoms with Crippen LogP contribution < -0.4 is 0 Å². The maximum Gasteiger partial charge on any atom is 0.121 e. The van der Waals surface area contributed by atoms with Gasteiger partial charge in [0.05, 0.1) is 5.69 Å². The molecule has 2 aromatic heterocycles. The highest BCUT2D eigenvalue weighted by Gasteiger charge is 2.16. The molecule has 61 heavy (non-hydrogen) atoms. The van der Waals surface area contributed by atoms with E-state index in [0.29, 0.717) is 0 Å². The number of hydrogen-bond acceptors (Lipinski definition) is 3. The molecule has 4 nitrogen and oxygen atoms in total. The molecule has 0 N–H and O–H groups in total. The van der Waals surface area contributed by atoms with Crippen molar-refractivity contribution in [3.05, 3.63) is 219 Å². The number of pyridine rings is 1. The minimum atomic E-state index is 0.835. The van der Waals surface area contributed by atoms with Gasteiger partial charge in [-0.25, -0.2) is 0 Å². The molecule has 0 saturated heterocycles. The van der Waals surface area contributed by atoms with Gasteiger partial charge in [-0.15, -0.1) is 10.2 Å². The zero-order valence-electron chi connectivity index (χ0n) is 33.1. The Labute approximate surface area is 352 Å². The van der Waals surface area contributed by atoms with E-state index in [4.69, 9.17) is 10.2 Å². The second kappa shape index (κ2) is 14.3. The number of hydrogen-bond donors (Lipinski definition) is 0. The van der Waals surface area contributed by atoms with Crippen molar-refractivity contribution in [3.8, 4) is 61.3 Å². The first kappa shape index (κ1) is 34.8. The molecule has 0 bridgehead atoms. The van der Waals surface area contributed by atoms with E-state index < -0.39 is 0 Å². The second-order valence-corrected chi connectivity index (χ2v) is 15.8. The number of fused-ring (bicyclic) bond motifs is 5. The van der Waals surface area contributed by atoms with Gasteiger partial charge >= 0.3 is 0 Å². The first-order valence-corrected chi connectivity index (χ1v) is 20.6. The third-order valence-corrected chi connectivity index (χ3v) is 12.1. The van der Waals surface area contributed by atoms with Gasteiger partial charge in [-0.3, -0.25) is 4.98 Å². The van der Waals surface area contributed by atoms with E-state index in [-0.39, 0.29) is 0 Å². The van der Waals surface area contributed by atoms with Crippen LogP contribution in [0.4, 0.5) is 0 Å². The highest BCUT2D eigenvalue weighted by atomic mass is 15.5. The molecule has 0 saturated carbocycles. The van der Waals surface area contributed by atoms with Crippen molar-refractivity contribution in [2.75, 3.05) is 0 Å². The maximum atomic E-state index is 5.16. The van der Waals surface area contributed by atoms with Crippen LogP contribution in [0, 0.1) is 0 Å². The van der Waals surface area contributed by atoms with Crippen molar-refractivity contribution >= 4 is 54.1 Å². The van der Waals surface area contributed by atoms with E-state index in [1.807, 2.05) is 12.3 Å². The zero-order chi connectivity index (χ0) is 40.3. The van der Waals surface area contributed by atoms with Crippen molar-refractivity contribution in [1.29, 1.82) is 0 Å². The molecule has 0 aliphatic rings. The summed E-state index contributed by atoms with van der Waals surface area (Å²) in [7, 11) is 0. The maximum absolute atomic E-state index is 5.16. The molecule has 4 heteroatoms. The number of aromatic nitrogens is 4. The molecule has 2 heterocycles. The van der Waals surface area contributed by atoms with E-state index in [1.54, 1.807) is 11.0 Å². The molecule has 0 fully saturated rings. The third kappa shape index (κ3) is 6.39. The Bertz CT molecular complexity index is 3640.